The van der Waals surface area contributed by atoms with Crippen molar-refractivity contribution in [2.75, 3.05) is 19.8 Å². The molecule has 2 fully saturated rings. The van der Waals surface area contributed by atoms with Crippen LogP contribution >= 0.6 is 0 Å². The fraction of sp³-hybridized carbons (Fsp3) is 0.561. The summed E-state index contributed by atoms with van der Waals surface area (Å²) in [6.07, 6.45) is -3.73. The van der Waals surface area contributed by atoms with Gasteiger partial charge in [-0.05, 0) is 23.1 Å². The molecule has 0 aliphatic carbocycles. The molecule has 11 nitrogen and oxygen atoms in total. The van der Waals surface area contributed by atoms with E-state index in [9.17, 15) is 20.4 Å². The van der Waals surface area contributed by atoms with E-state index in [0.29, 0.717) is 13.2 Å². The quantitative estimate of drug-likeness (QED) is 0.101. The summed E-state index contributed by atoms with van der Waals surface area (Å²) in [6.45, 7) is 2.73. The topological polar surface area (TPSA) is 146 Å². The van der Waals surface area contributed by atoms with Crippen molar-refractivity contribution in [1.29, 1.82) is 0 Å². The lowest BCUT2D eigenvalue weighted by atomic mass is 10.0. The second-order valence-corrected chi connectivity index (χ2v) is 13.5. The molecule has 0 bridgehead atoms. The molecule has 10 atom stereocenters. The maximum absolute atomic E-state index is 10.7. The molecule has 0 aromatic heterocycles. The van der Waals surface area contributed by atoms with E-state index in [0.717, 1.165) is 36.0 Å². The second kappa shape index (κ2) is 21.8. The van der Waals surface area contributed by atoms with Gasteiger partial charge in [-0.3, -0.25) is 0 Å². The SMILES string of the molecule is CCCCCCCCO[C@@H]1O[C@@H]([C@@H](COC2O[C@@H]([C@H](O)CO)[C@H](O)[C@H]2O)OCc2ccccc2)[C@H](OCc2ccccc2)[C@H]1OCc1ccccc1. The third kappa shape index (κ3) is 11.9. The number of aliphatic hydroxyl groups is 4. The second-order valence-electron chi connectivity index (χ2n) is 13.5. The summed E-state index contributed by atoms with van der Waals surface area (Å²) in [4.78, 5) is 0. The van der Waals surface area contributed by atoms with Crippen LogP contribution in [0.2, 0.25) is 0 Å². The first-order valence-corrected chi connectivity index (χ1v) is 18.6. The molecule has 1 unspecified atom stereocenters. The summed E-state index contributed by atoms with van der Waals surface area (Å²) >= 11 is 0. The third-order valence-corrected chi connectivity index (χ3v) is 9.48. The molecule has 52 heavy (non-hydrogen) atoms. The summed E-state index contributed by atoms with van der Waals surface area (Å²) in [5, 5.41) is 40.9. The van der Waals surface area contributed by atoms with E-state index in [4.69, 9.17) is 33.2 Å². The fourth-order valence-corrected chi connectivity index (χ4v) is 6.50. The highest BCUT2D eigenvalue weighted by molar-refractivity contribution is 5.15. The Morgan fingerprint density at radius 3 is 1.73 bits per heavy atom. The van der Waals surface area contributed by atoms with Gasteiger partial charge in [-0.2, -0.15) is 0 Å². The lowest BCUT2D eigenvalue weighted by molar-refractivity contribution is -0.222. The number of benzene rings is 3. The van der Waals surface area contributed by atoms with Gasteiger partial charge in [-0.15, -0.1) is 0 Å². The van der Waals surface area contributed by atoms with Crippen LogP contribution < -0.4 is 0 Å². The van der Waals surface area contributed by atoms with Gasteiger partial charge in [0.1, 0.15) is 48.8 Å². The number of unbranched alkanes of at least 4 members (excludes halogenated alkanes) is 5. The minimum absolute atomic E-state index is 0.130. The average molecular weight is 725 g/mol. The maximum Gasteiger partial charge on any atom is 0.186 e. The Bertz CT molecular complexity index is 1370. The van der Waals surface area contributed by atoms with Crippen molar-refractivity contribution in [3.05, 3.63) is 108 Å². The van der Waals surface area contributed by atoms with Gasteiger partial charge in [0, 0.05) is 6.61 Å². The Balaban J connectivity index is 1.38. The predicted octanol–water partition coefficient (Wildman–Crippen LogP) is 4.66. The molecule has 0 saturated carbocycles. The van der Waals surface area contributed by atoms with Crippen LogP contribution in [0.25, 0.3) is 0 Å². The number of aliphatic hydroxyl groups excluding tert-OH is 4. The molecule has 286 valence electrons. The van der Waals surface area contributed by atoms with E-state index in [1.54, 1.807) is 0 Å². The minimum Gasteiger partial charge on any atom is -0.394 e. The van der Waals surface area contributed by atoms with Gasteiger partial charge in [0.05, 0.1) is 33.0 Å². The van der Waals surface area contributed by atoms with E-state index in [1.165, 1.54) is 19.3 Å². The normalized spacial score (nSPS) is 27.2. The summed E-state index contributed by atoms with van der Waals surface area (Å²) in [6, 6.07) is 29.4. The molecule has 5 rings (SSSR count). The van der Waals surface area contributed by atoms with E-state index in [1.807, 2.05) is 91.0 Å². The minimum atomic E-state index is -1.47. The number of hydrogen-bond donors (Lipinski definition) is 4. The molecule has 0 radical (unpaired) electrons. The first kappa shape index (κ1) is 40.4. The lowest BCUT2D eigenvalue weighted by Crippen LogP contribution is -2.46. The van der Waals surface area contributed by atoms with E-state index in [-0.39, 0.29) is 19.8 Å². The van der Waals surface area contributed by atoms with Gasteiger partial charge < -0.3 is 53.6 Å². The summed E-state index contributed by atoms with van der Waals surface area (Å²) in [5.41, 5.74) is 2.90. The molecule has 3 aromatic carbocycles. The van der Waals surface area contributed by atoms with Gasteiger partial charge in [0.25, 0.3) is 0 Å². The van der Waals surface area contributed by atoms with Crippen molar-refractivity contribution < 1.29 is 53.6 Å². The van der Waals surface area contributed by atoms with Crippen LogP contribution in [-0.4, -0.2) is 102 Å². The van der Waals surface area contributed by atoms with Crippen LogP contribution in [0, 0.1) is 0 Å². The fourth-order valence-electron chi connectivity index (χ4n) is 6.50. The van der Waals surface area contributed by atoms with E-state index < -0.39 is 68.0 Å². The standard InChI is InChI=1S/C41H56O11/c1-2-3-4-5-6-16-23-46-41-39(49-27-31-21-14-9-15-22-31)38(48-26-30-19-12-8-13-20-30)37(52-41)33(47-25-29-17-10-7-11-18-29)28-50-40-35(45)34(44)36(51-40)32(43)24-42/h7-15,17-22,32-45H,2-6,16,23-28H2,1H3/t32-,33-,34-,35-,36+,37+,38+,39-,40?,41-/m1/s1. The Morgan fingerprint density at radius 2 is 1.13 bits per heavy atom. The van der Waals surface area contributed by atoms with Crippen LogP contribution in [0.5, 0.6) is 0 Å². The first-order valence-electron chi connectivity index (χ1n) is 18.6. The largest absolute Gasteiger partial charge is 0.394 e. The van der Waals surface area contributed by atoms with Crippen LogP contribution in [0.3, 0.4) is 0 Å². The van der Waals surface area contributed by atoms with Crippen molar-refractivity contribution in [1.82, 2.24) is 0 Å². The molecule has 0 amide bonds. The molecule has 11 heteroatoms. The van der Waals surface area contributed by atoms with Crippen molar-refractivity contribution in [2.45, 2.75) is 127 Å². The average Bonchev–Trinajstić information content (AvgIpc) is 3.68. The molecular weight excluding hydrogens is 668 g/mol. The Kier molecular flexibility index (Phi) is 16.9. The molecule has 2 saturated heterocycles. The van der Waals surface area contributed by atoms with Gasteiger partial charge in [0.15, 0.2) is 12.6 Å². The van der Waals surface area contributed by atoms with Gasteiger partial charge >= 0.3 is 0 Å². The summed E-state index contributed by atoms with van der Waals surface area (Å²) in [5.74, 6) is 0. The van der Waals surface area contributed by atoms with Crippen molar-refractivity contribution in [3.63, 3.8) is 0 Å². The molecule has 2 aliphatic heterocycles. The van der Waals surface area contributed by atoms with Crippen molar-refractivity contribution in [3.8, 4) is 0 Å². The summed E-state index contributed by atoms with van der Waals surface area (Å²) < 4.78 is 44.6. The smallest absolute Gasteiger partial charge is 0.186 e. The van der Waals surface area contributed by atoms with Gasteiger partial charge in [0.2, 0.25) is 0 Å². The molecule has 0 spiro atoms. The Hall–Kier alpha value is -2.78. The van der Waals surface area contributed by atoms with Crippen molar-refractivity contribution in [2.24, 2.45) is 0 Å². The zero-order valence-corrected chi connectivity index (χ0v) is 30.1. The molecule has 2 aliphatic rings. The van der Waals surface area contributed by atoms with E-state index in [2.05, 4.69) is 6.92 Å². The molecule has 2 heterocycles. The van der Waals surface area contributed by atoms with Crippen LogP contribution in [0.1, 0.15) is 62.1 Å². The van der Waals surface area contributed by atoms with E-state index >= 15 is 0 Å². The van der Waals surface area contributed by atoms with Crippen molar-refractivity contribution >= 4 is 0 Å². The van der Waals surface area contributed by atoms with Crippen LogP contribution in [-0.2, 0) is 53.0 Å². The lowest BCUT2D eigenvalue weighted by Gasteiger charge is -2.30. The van der Waals surface area contributed by atoms with Crippen LogP contribution in [0.15, 0.2) is 91.0 Å². The molecule has 3 aromatic rings. The molecule has 4 N–H and O–H groups in total. The van der Waals surface area contributed by atoms with Gasteiger partial charge in [-0.1, -0.05) is 130 Å². The highest BCUT2D eigenvalue weighted by atomic mass is 16.7. The first-order chi connectivity index (χ1) is 25.5. The number of hydrogen-bond acceptors (Lipinski definition) is 11. The van der Waals surface area contributed by atoms with Crippen LogP contribution in [0.4, 0.5) is 0 Å². The number of rotatable bonds is 23. The highest BCUT2D eigenvalue weighted by Crippen LogP contribution is 2.34. The summed E-state index contributed by atoms with van der Waals surface area (Å²) in [7, 11) is 0. The molecular formula is C41H56O11. The highest BCUT2D eigenvalue weighted by Gasteiger charge is 2.52. The third-order valence-electron chi connectivity index (χ3n) is 9.48. The predicted molar refractivity (Wildman–Crippen MR) is 193 cm³/mol. The monoisotopic (exact) mass is 724 g/mol. The zero-order valence-electron chi connectivity index (χ0n) is 30.1. The maximum atomic E-state index is 10.7. The number of ether oxygens (including phenoxy) is 7. The Labute approximate surface area is 307 Å². The zero-order chi connectivity index (χ0) is 36.5. The van der Waals surface area contributed by atoms with Gasteiger partial charge in [-0.25, -0.2) is 0 Å². The Morgan fingerprint density at radius 1 is 0.596 bits per heavy atom.